The molecule has 25 heavy (non-hydrogen) atoms. The lowest BCUT2D eigenvalue weighted by Gasteiger charge is -2.18. The van der Waals surface area contributed by atoms with Gasteiger partial charge in [0, 0.05) is 24.1 Å². The first kappa shape index (κ1) is 16.7. The van der Waals surface area contributed by atoms with Crippen LogP contribution in [-0.2, 0) is 0 Å². The van der Waals surface area contributed by atoms with E-state index in [4.69, 9.17) is 9.47 Å². The number of aromatic nitrogens is 1. The zero-order valence-electron chi connectivity index (χ0n) is 14.3. The summed E-state index contributed by atoms with van der Waals surface area (Å²) in [4.78, 5) is 17.1. The zero-order chi connectivity index (χ0) is 17.6. The van der Waals surface area contributed by atoms with Crippen LogP contribution in [0.5, 0.6) is 11.5 Å². The number of fused-ring (bicyclic) bond motifs is 1. The number of benzene rings is 2. The lowest BCUT2D eigenvalue weighted by atomic mass is 10.2. The van der Waals surface area contributed by atoms with E-state index in [9.17, 15) is 4.79 Å². The average Bonchev–Trinajstić information content (AvgIpc) is 3.12. The molecule has 0 aliphatic carbocycles. The monoisotopic (exact) mass is 339 g/mol. The van der Waals surface area contributed by atoms with Gasteiger partial charge in [-0.1, -0.05) is 6.07 Å². The SMILES string of the molecule is COc1ccc(OCCN(C)C(=O)Nc2cccc3[nH]ccc23)cc1. The van der Waals surface area contributed by atoms with E-state index in [1.165, 1.54) is 0 Å². The smallest absolute Gasteiger partial charge is 0.321 e. The molecule has 1 aromatic heterocycles. The number of rotatable bonds is 6. The third kappa shape index (κ3) is 4.03. The molecule has 0 saturated heterocycles. The van der Waals surface area contributed by atoms with Gasteiger partial charge in [0.25, 0.3) is 0 Å². The van der Waals surface area contributed by atoms with Gasteiger partial charge in [-0.3, -0.25) is 0 Å². The molecule has 0 atom stereocenters. The molecule has 2 amide bonds. The number of methoxy groups -OCH3 is 1. The number of nitrogens with zero attached hydrogens (tertiary/aromatic N) is 1. The number of ether oxygens (including phenoxy) is 2. The summed E-state index contributed by atoms with van der Waals surface area (Å²) in [7, 11) is 3.36. The van der Waals surface area contributed by atoms with Crippen molar-refractivity contribution in [3.8, 4) is 11.5 Å². The number of carbonyl (C=O) groups excluding carboxylic acids is 1. The van der Waals surface area contributed by atoms with E-state index in [0.29, 0.717) is 13.2 Å². The van der Waals surface area contributed by atoms with Gasteiger partial charge in [-0.25, -0.2) is 4.79 Å². The van der Waals surface area contributed by atoms with E-state index in [1.54, 1.807) is 19.1 Å². The van der Waals surface area contributed by atoms with Crippen molar-refractivity contribution < 1.29 is 14.3 Å². The number of anilines is 1. The molecule has 6 heteroatoms. The Balaban J connectivity index is 1.51. The predicted molar refractivity (Wildman–Crippen MR) is 98.4 cm³/mol. The third-order valence-corrected chi connectivity index (χ3v) is 3.94. The Morgan fingerprint density at radius 3 is 2.64 bits per heavy atom. The number of aromatic amines is 1. The van der Waals surface area contributed by atoms with Gasteiger partial charge >= 0.3 is 6.03 Å². The minimum absolute atomic E-state index is 0.174. The molecule has 3 rings (SSSR count). The summed E-state index contributed by atoms with van der Waals surface area (Å²) in [5.74, 6) is 1.52. The van der Waals surface area contributed by atoms with Gasteiger partial charge in [-0.15, -0.1) is 0 Å². The van der Waals surface area contributed by atoms with E-state index in [-0.39, 0.29) is 6.03 Å². The highest BCUT2D eigenvalue weighted by atomic mass is 16.5. The molecule has 0 radical (unpaired) electrons. The molecule has 0 aliphatic rings. The number of nitrogens with one attached hydrogen (secondary N) is 2. The molecule has 3 aromatic rings. The lowest BCUT2D eigenvalue weighted by Crippen LogP contribution is -2.34. The Morgan fingerprint density at radius 1 is 1.12 bits per heavy atom. The second kappa shape index (κ2) is 7.61. The summed E-state index contributed by atoms with van der Waals surface area (Å²) in [5.41, 5.74) is 1.77. The molecule has 0 fully saturated rings. The van der Waals surface area contributed by atoms with Crippen LogP contribution >= 0.6 is 0 Å². The van der Waals surface area contributed by atoms with Gasteiger partial charge < -0.3 is 24.7 Å². The fourth-order valence-electron chi connectivity index (χ4n) is 2.48. The van der Waals surface area contributed by atoms with E-state index in [2.05, 4.69) is 10.3 Å². The summed E-state index contributed by atoms with van der Waals surface area (Å²) in [6, 6.07) is 14.9. The molecular weight excluding hydrogens is 318 g/mol. The Bertz CT molecular complexity index is 843. The number of likely N-dealkylation sites (N-methyl/N-ethyl adjacent to an activating group) is 1. The van der Waals surface area contributed by atoms with Crippen LogP contribution < -0.4 is 14.8 Å². The third-order valence-electron chi connectivity index (χ3n) is 3.94. The maximum atomic E-state index is 12.3. The molecule has 1 heterocycles. The summed E-state index contributed by atoms with van der Waals surface area (Å²) >= 11 is 0. The number of H-pyrrole nitrogens is 1. The van der Waals surface area contributed by atoms with Gasteiger partial charge in [0.15, 0.2) is 0 Å². The highest BCUT2D eigenvalue weighted by Crippen LogP contribution is 2.22. The first-order valence-electron chi connectivity index (χ1n) is 8.02. The lowest BCUT2D eigenvalue weighted by molar-refractivity contribution is 0.207. The van der Waals surface area contributed by atoms with Crippen LogP contribution in [0.25, 0.3) is 10.9 Å². The standard InChI is InChI=1S/C19H21N3O3/c1-22(12-13-25-15-8-6-14(24-2)7-9-15)19(23)21-18-5-3-4-17-16(18)10-11-20-17/h3-11,20H,12-13H2,1-2H3,(H,21,23). The number of amides is 2. The molecule has 130 valence electrons. The minimum atomic E-state index is -0.174. The fraction of sp³-hybridized carbons (Fsp3) is 0.211. The van der Waals surface area contributed by atoms with Gasteiger partial charge in [-0.05, 0) is 42.5 Å². The van der Waals surface area contributed by atoms with Crippen LogP contribution in [-0.4, -0.2) is 43.2 Å². The molecule has 2 aromatic carbocycles. The van der Waals surface area contributed by atoms with Crippen LogP contribution in [0.15, 0.2) is 54.7 Å². The van der Waals surface area contributed by atoms with Crippen molar-refractivity contribution in [1.29, 1.82) is 0 Å². The normalized spacial score (nSPS) is 10.5. The summed E-state index contributed by atoms with van der Waals surface area (Å²) < 4.78 is 10.8. The van der Waals surface area contributed by atoms with Crippen LogP contribution in [0.3, 0.4) is 0 Å². The van der Waals surface area contributed by atoms with Crippen molar-refractivity contribution in [1.82, 2.24) is 9.88 Å². The molecule has 0 unspecified atom stereocenters. The predicted octanol–water partition coefficient (Wildman–Crippen LogP) is 3.72. The first-order chi connectivity index (χ1) is 12.2. The maximum Gasteiger partial charge on any atom is 0.321 e. The van der Waals surface area contributed by atoms with Crippen molar-refractivity contribution in [2.24, 2.45) is 0 Å². The van der Waals surface area contributed by atoms with Crippen molar-refractivity contribution in [2.75, 3.05) is 32.6 Å². The van der Waals surface area contributed by atoms with E-state index in [1.807, 2.05) is 54.7 Å². The van der Waals surface area contributed by atoms with Crippen molar-refractivity contribution in [2.45, 2.75) is 0 Å². The Kier molecular flexibility index (Phi) is 5.09. The van der Waals surface area contributed by atoms with Crippen LogP contribution in [0.1, 0.15) is 0 Å². The number of hydrogen-bond acceptors (Lipinski definition) is 3. The fourth-order valence-corrected chi connectivity index (χ4v) is 2.48. The van der Waals surface area contributed by atoms with Gasteiger partial charge in [0.2, 0.25) is 0 Å². The molecular formula is C19H21N3O3. The van der Waals surface area contributed by atoms with Crippen molar-refractivity contribution in [3.63, 3.8) is 0 Å². The van der Waals surface area contributed by atoms with Crippen LogP contribution in [0.2, 0.25) is 0 Å². The van der Waals surface area contributed by atoms with Gasteiger partial charge in [0.05, 0.1) is 19.3 Å². The van der Waals surface area contributed by atoms with Crippen molar-refractivity contribution >= 4 is 22.6 Å². The molecule has 0 bridgehead atoms. The number of urea groups is 1. The zero-order valence-corrected chi connectivity index (χ0v) is 14.3. The summed E-state index contributed by atoms with van der Waals surface area (Å²) in [6.45, 7) is 0.881. The topological polar surface area (TPSA) is 66.6 Å². The van der Waals surface area contributed by atoms with Crippen molar-refractivity contribution in [3.05, 3.63) is 54.7 Å². The van der Waals surface area contributed by atoms with Crippen LogP contribution in [0, 0.1) is 0 Å². The molecule has 0 saturated carbocycles. The Hall–Kier alpha value is -3.15. The van der Waals surface area contributed by atoms with E-state index in [0.717, 1.165) is 28.1 Å². The summed E-state index contributed by atoms with van der Waals surface area (Å²) in [6.07, 6.45) is 1.85. The minimum Gasteiger partial charge on any atom is -0.497 e. The molecule has 0 spiro atoms. The first-order valence-corrected chi connectivity index (χ1v) is 8.02. The van der Waals surface area contributed by atoms with Crippen LogP contribution in [0.4, 0.5) is 10.5 Å². The van der Waals surface area contributed by atoms with Gasteiger partial charge in [0.1, 0.15) is 18.1 Å². The molecule has 0 aliphatic heterocycles. The Labute approximate surface area is 146 Å². The number of hydrogen-bond donors (Lipinski definition) is 2. The average molecular weight is 339 g/mol. The van der Waals surface area contributed by atoms with E-state index >= 15 is 0 Å². The quantitative estimate of drug-likeness (QED) is 0.719. The molecule has 2 N–H and O–H groups in total. The highest BCUT2D eigenvalue weighted by Gasteiger charge is 2.11. The maximum absolute atomic E-state index is 12.3. The molecule has 6 nitrogen and oxygen atoms in total. The second-order valence-corrected chi connectivity index (χ2v) is 5.62. The number of carbonyl (C=O) groups is 1. The van der Waals surface area contributed by atoms with Gasteiger partial charge in [-0.2, -0.15) is 0 Å². The largest absolute Gasteiger partial charge is 0.497 e. The highest BCUT2D eigenvalue weighted by molar-refractivity contribution is 6.00. The van der Waals surface area contributed by atoms with E-state index < -0.39 is 0 Å². The second-order valence-electron chi connectivity index (χ2n) is 5.62. The Morgan fingerprint density at radius 2 is 1.88 bits per heavy atom. The summed E-state index contributed by atoms with van der Waals surface area (Å²) in [5, 5.41) is 3.91.